The summed E-state index contributed by atoms with van der Waals surface area (Å²) in [5, 5.41) is 14.8. The Kier molecular flexibility index (Phi) is 9.28. The van der Waals surface area contributed by atoms with Gasteiger partial charge in [0.05, 0.1) is 0 Å². The van der Waals surface area contributed by atoms with Crippen LogP contribution in [-0.4, -0.2) is 70.7 Å². The molecule has 6 nitrogen and oxygen atoms in total. The van der Waals surface area contributed by atoms with Crippen molar-refractivity contribution >= 4 is 11.9 Å². The first-order valence-electron chi connectivity index (χ1n) is 10.0. The molecule has 0 bridgehead atoms. The molecule has 1 aromatic carbocycles. The Labute approximate surface area is 161 Å². The average Bonchev–Trinajstić information content (AvgIpc) is 2.70. The van der Waals surface area contributed by atoms with Crippen LogP contribution >= 0.6 is 0 Å². The zero-order valence-electron chi connectivity index (χ0n) is 16.1. The van der Waals surface area contributed by atoms with Crippen LogP contribution in [-0.2, 0) is 16.0 Å². The van der Waals surface area contributed by atoms with E-state index < -0.39 is 11.9 Å². The molecule has 6 heteroatoms. The molecule has 0 amide bonds. The summed E-state index contributed by atoms with van der Waals surface area (Å²) in [5.74, 6) is -3.65. The second-order valence-electron chi connectivity index (χ2n) is 7.37. The van der Waals surface area contributed by atoms with Crippen LogP contribution in [0.25, 0.3) is 0 Å². The van der Waals surface area contributed by atoms with Gasteiger partial charge in [0.2, 0.25) is 0 Å². The molecular formula is C21H32N2O4. The number of nitrogens with zero attached hydrogens (tertiary/aromatic N) is 2. The highest BCUT2D eigenvalue weighted by Crippen LogP contribution is 2.21. The summed E-state index contributed by atoms with van der Waals surface area (Å²) in [6.07, 6.45) is 9.63. The topological polar surface area (TPSA) is 81.1 Å². The van der Waals surface area contributed by atoms with Crippen molar-refractivity contribution in [1.82, 2.24) is 9.80 Å². The summed E-state index contributed by atoms with van der Waals surface area (Å²) < 4.78 is 0. The van der Waals surface area contributed by atoms with Crippen LogP contribution in [0.4, 0.5) is 0 Å². The van der Waals surface area contributed by atoms with Crippen LogP contribution < -0.4 is 0 Å². The molecule has 0 unspecified atom stereocenters. The fraction of sp³-hybridized carbons (Fsp3) is 0.619. The van der Waals surface area contributed by atoms with Crippen LogP contribution in [0.1, 0.15) is 44.1 Å². The summed E-state index contributed by atoms with van der Waals surface area (Å²) in [6, 6.07) is 11.8. The molecule has 27 heavy (non-hydrogen) atoms. The lowest BCUT2D eigenvalue weighted by Gasteiger charge is -2.40. The molecule has 0 radical (unpaired) electrons. The summed E-state index contributed by atoms with van der Waals surface area (Å²) in [6.45, 7) is 6.63. The molecular weight excluding hydrogens is 344 g/mol. The number of benzene rings is 1. The number of aliphatic carboxylic acids is 2. The van der Waals surface area contributed by atoms with Gasteiger partial charge in [0.25, 0.3) is 0 Å². The Morgan fingerprint density at radius 3 is 2.04 bits per heavy atom. The number of aryl methyl sites for hydroxylation is 1. The minimum atomic E-state index is -1.82. The molecule has 0 atom stereocenters. The fourth-order valence-electron chi connectivity index (χ4n) is 3.94. The molecule has 0 aliphatic carbocycles. The molecule has 3 rings (SSSR count). The molecule has 2 saturated heterocycles. The predicted octanol–water partition coefficient (Wildman–Crippen LogP) is 2.73. The highest BCUT2D eigenvalue weighted by atomic mass is 16.4. The number of hydrogen-bond acceptors (Lipinski definition) is 4. The molecule has 2 N–H and O–H groups in total. The zero-order valence-corrected chi connectivity index (χ0v) is 16.1. The van der Waals surface area contributed by atoms with E-state index in [0.717, 1.165) is 6.04 Å². The summed E-state index contributed by atoms with van der Waals surface area (Å²) in [4.78, 5) is 23.7. The first kappa shape index (κ1) is 21.4. The van der Waals surface area contributed by atoms with E-state index in [1.807, 2.05) is 0 Å². The van der Waals surface area contributed by atoms with Crippen molar-refractivity contribution in [3.63, 3.8) is 0 Å². The van der Waals surface area contributed by atoms with Crippen LogP contribution in [0, 0.1) is 0 Å². The van der Waals surface area contributed by atoms with Crippen molar-refractivity contribution in [1.29, 1.82) is 0 Å². The maximum Gasteiger partial charge on any atom is 0.414 e. The zero-order chi connectivity index (χ0) is 19.5. The monoisotopic (exact) mass is 376 g/mol. The van der Waals surface area contributed by atoms with Gasteiger partial charge in [0, 0.05) is 6.04 Å². The van der Waals surface area contributed by atoms with Gasteiger partial charge in [-0.1, -0.05) is 36.8 Å². The predicted molar refractivity (Wildman–Crippen MR) is 105 cm³/mol. The molecule has 0 spiro atoms. The summed E-state index contributed by atoms with van der Waals surface area (Å²) >= 11 is 0. The normalized spacial score (nSPS) is 19.1. The van der Waals surface area contributed by atoms with Crippen molar-refractivity contribution in [2.75, 3.05) is 32.7 Å². The number of hydrogen-bond donors (Lipinski definition) is 2. The third-order valence-corrected chi connectivity index (χ3v) is 5.43. The Morgan fingerprint density at radius 2 is 1.48 bits per heavy atom. The van der Waals surface area contributed by atoms with Crippen LogP contribution in [0.15, 0.2) is 30.3 Å². The Hall–Kier alpha value is -1.92. The lowest BCUT2D eigenvalue weighted by atomic mass is 9.99. The first-order valence-corrected chi connectivity index (χ1v) is 10.0. The van der Waals surface area contributed by atoms with Crippen LogP contribution in [0.2, 0.25) is 0 Å². The van der Waals surface area contributed by atoms with Crippen LogP contribution in [0.5, 0.6) is 0 Å². The number of likely N-dealkylation sites (tertiary alicyclic amines) is 2. The second-order valence-corrected chi connectivity index (χ2v) is 7.37. The third-order valence-electron chi connectivity index (χ3n) is 5.43. The first-order chi connectivity index (χ1) is 13.1. The second kappa shape index (κ2) is 11.7. The lowest BCUT2D eigenvalue weighted by molar-refractivity contribution is -0.159. The Morgan fingerprint density at radius 1 is 0.889 bits per heavy atom. The summed E-state index contributed by atoms with van der Waals surface area (Å²) in [7, 11) is 0. The number of carbonyl (C=O) groups is 2. The standard InChI is InChI=1S/C19H30N2.C2H2O4/c1-3-8-18(9-4-1)10-7-13-20-16-11-19(12-17-20)21-14-5-2-6-15-21;3-1(4)2(5)6/h1,3-4,8-9,19H,2,5-7,10-17H2;(H,3,4)(H,5,6). The van der Waals surface area contributed by atoms with E-state index in [4.69, 9.17) is 19.8 Å². The molecule has 1 aromatic rings. The average molecular weight is 376 g/mol. The van der Waals surface area contributed by atoms with E-state index in [-0.39, 0.29) is 0 Å². The third kappa shape index (κ3) is 8.10. The largest absolute Gasteiger partial charge is 0.473 e. The van der Waals surface area contributed by atoms with E-state index in [2.05, 4.69) is 40.1 Å². The van der Waals surface area contributed by atoms with Gasteiger partial charge in [-0.15, -0.1) is 0 Å². The molecule has 0 aromatic heterocycles. The van der Waals surface area contributed by atoms with Crippen molar-refractivity contribution in [3.8, 4) is 0 Å². The molecule has 2 aliphatic rings. The SMILES string of the molecule is O=C(O)C(=O)O.c1ccc(CCCN2CCC(N3CCCCC3)CC2)cc1. The van der Waals surface area contributed by atoms with Gasteiger partial charge in [-0.2, -0.15) is 0 Å². The molecule has 0 saturated carbocycles. The maximum absolute atomic E-state index is 9.10. The molecule has 2 heterocycles. The smallest absolute Gasteiger partial charge is 0.414 e. The molecule has 2 aliphatic heterocycles. The van der Waals surface area contributed by atoms with Crippen molar-refractivity contribution in [3.05, 3.63) is 35.9 Å². The van der Waals surface area contributed by atoms with Crippen molar-refractivity contribution in [2.45, 2.75) is 51.0 Å². The number of piperidine rings is 2. The van der Waals surface area contributed by atoms with Crippen molar-refractivity contribution in [2.24, 2.45) is 0 Å². The number of carboxylic acids is 2. The molecule has 150 valence electrons. The van der Waals surface area contributed by atoms with Gasteiger partial charge in [-0.25, -0.2) is 9.59 Å². The van der Waals surface area contributed by atoms with E-state index in [1.54, 1.807) is 0 Å². The minimum Gasteiger partial charge on any atom is -0.473 e. The van der Waals surface area contributed by atoms with E-state index in [0.29, 0.717) is 0 Å². The summed E-state index contributed by atoms with van der Waals surface area (Å²) in [5.41, 5.74) is 1.49. The minimum absolute atomic E-state index is 0.885. The fourth-order valence-corrected chi connectivity index (χ4v) is 3.94. The van der Waals surface area contributed by atoms with Gasteiger partial charge in [0.15, 0.2) is 0 Å². The van der Waals surface area contributed by atoms with Gasteiger partial charge in [-0.3, -0.25) is 0 Å². The quantitative estimate of drug-likeness (QED) is 0.769. The Balaban J connectivity index is 0.000000380. The maximum atomic E-state index is 9.10. The van der Waals surface area contributed by atoms with Gasteiger partial charge in [-0.05, 0) is 76.8 Å². The number of rotatable bonds is 5. The number of carboxylic acid groups (broad SMARTS) is 2. The van der Waals surface area contributed by atoms with Gasteiger partial charge in [0.1, 0.15) is 0 Å². The van der Waals surface area contributed by atoms with Gasteiger partial charge < -0.3 is 20.0 Å². The van der Waals surface area contributed by atoms with Crippen molar-refractivity contribution < 1.29 is 19.8 Å². The van der Waals surface area contributed by atoms with E-state index in [1.165, 1.54) is 83.2 Å². The highest BCUT2D eigenvalue weighted by molar-refractivity contribution is 6.27. The molecule has 2 fully saturated rings. The highest BCUT2D eigenvalue weighted by Gasteiger charge is 2.25. The lowest BCUT2D eigenvalue weighted by Crippen LogP contribution is -2.46. The van der Waals surface area contributed by atoms with E-state index in [9.17, 15) is 0 Å². The van der Waals surface area contributed by atoms with Gasteiger partial charge >= 0.3 is 11.9 Å². The van der Waals surface area contributed by atoms with E-state index >= 15 is 0 Å². The Bertz CT molecular complexity index is 553. The van der Waals surface area contributed by atoms with Crippen LogP contribution in [0.3, 0.4) is 0 Å².